The van der Waals surface area contributed by atoms with Gasteiger partial charge in [0.25, 0.3) is 0 Å². The van der Waals surface area contributed by atoms with Gasteiger partial charge < -0.3 is 16.4 Å². The van der Waals surface area contributed by atoms with Gasteiger partial charge in [-0.3, -0.25) is 14.4 Å². The van der Waals surface area contributed by atoms with E-state index in [1.807, 2.05) is 12.1 Å². The Labute approximate surface area is 199 Å². The highest BCUT2D eigenvalue weighted by Gasteiger charge is 2.45. The van der Waals surface area contributed by atoms with Crippen LogP contribution >= 0.6 is 0 Å². The van der Waals surface area contributed by atoms with Gasteiger partial charge in [0.2, 0.25) is 18.7 Å². The summed E-state index contributed by atoms with van der Waals surface area (Å²) in [5.41, 5.74) is 15.6. The fraction of sp³-hybridized carbons (Fsp3) is 0.385. The van der Waals surface area contributed by atoms with Gasteiger partial charge in [-0.1, -0.05) is 42.8 Å². The molecule has 0 aromatic heterocycles. The van der Waals surface area contributed by atoms with Crippen LogP contribution in [0.2, 0.25) is 0 Å². The van der Waals surface area contributed by atoms with E-state index in [9.17, 15) is 14.4 Å². The summed E-state index contributed by atoms with van der Waals surface area (Å²) < 4.78 is 0. The van der Waals surface area contributed by atoms with Gasteiger partial charge in [0.15, 0.2) is 0 Å². The predicted octanol–water partition coefficient (Wildman–Crippen LogP) is 1.57. The lowest BCUT2D eigenvalue weighted by atomic mass is 9.65. The number of hydrazone groups is 1. The predicted molar refractivity (Wildman–Crippen MR) is 130 cm³/mol. The fourth-order valence-electron chi connectivity index (χ4n) is 5.36. The molecule has 1 aliphatic carbocycles. The first kappa shape index (κ1) is 23.6. The van der Waals surface area contributed by atoms with Gasteiger partial charge in [-0.05, 0) is 65.6 Å². The number of rotatable bonds is 11. The standard InChI is InChI=1S/C26H31N5O3/c27-10-2-1-9-26(24-13-25(34)31-30-24)22-7-3-18(14-28-16-32)11-20(22)5-6-21-12-19(15-29-17-33)4-8-23(21)26/h3-4,7-8,11-12,16-17H,1-2,5-6,9-10,13-15,27H2,(H,28,32)(H,29,33)(H,31,34). The molecule has 0 bridgehead atoms. The number of fused-ring (bicyclic) bond motifs is 2. The number of amides is 3. The van der Waals surface area contributed by atoms with Crippen LogP contribution in [-0.4, -0.2) is 31.0 Å². The number of aryl methyl sites for hydroxylation is 2. The Balaban J connectivity index is 1.90. The van der Waals surface area contributed by atoms with Crippen molar-refractivity contribution in [1.29, 1.82) is 0 Å². The number of nitrogens with one attached hydrogen (secondary N) is 3. The lowest BCUT2D eigenvalue weighted by Gasteiger charge is -2.37. The number of nitrogens with two attached hydrogens (primary N) is 1. The molecule has 3 amide bonds. The highest BCUT2D eigenvalue weighted by Crippen LogP contribution is 2.46. The van der Waals surface area contributed by atoms with Crippen LogP contribution in [0.3, 0.4) is 0 Å². The van der Waals surface area contributed by atoms with Crippen molar-refractivity contribution in [3.05, 3.63) is 69.8 Å². The van der Waals surface area contributed by atoms with E-state index in [1.54, 1.807) is 0 Å². The van der Waals surface area contributed by atoms with Gasteiger partial charge in [-0.25, -0.2) is 5.43 Å². The van der Waals surface area contributed by atoms with E-state index in [-0.39, 0.29) is 12.3 Å². The van der Waals surface area contributed by atoms with Gasteiger partial charge >= 0.3 is 0 Å². The van der Waals surface area contributed by atoms with Crippen LogP contribution in [0.4, 0.5) is 0 Å². The molecule has 0 radical (unpaired) electrons. The van der Waals surface area contributed by atoms with Crippen molar-refractivity contribution in [2.45, 2.75) is 57.0 Å². The molecule has 8 nitrogen and oxygen atoms in total. The highest BCUT2D eigenvalue weighted by molar-refractivity contribution is 6.12. The van der Waals surface area contributed by atoms with Gasteiger partial charge in [0.1, 0.15) is 0 Å². The Bertz CT molecular complexity index is 1050. The minimum absolute atomic E-state index is 0.0980. The van der Waals surface area contributed by atoms with Gasteiger partial charge in [0, 0.05) is 13.1 Å². The largest absolute Gasteiger partial charge is 0.355 e. The summed E-state index contributed by atoms with van der Waals surface area (Å²) in [5, 5.41) is 10.0. The van der Waals surface area contributed by atoms with Crippen molar-refractivity contribution in [3.63, 3.8) is 0 Å². The molecule has 0 saturated heterocycles. The third-order valence-electron chi connectivity index (χ3n) is 6.84. The molecule has 0 atom stereocenters. The third-order valence-corrected chi connectivity index (χ3v) is 6.84. The molecular weight excluding hydrogens is 430 g/mol. The van der Waals surface area contributed by atoms with Gasteiger partial charge in [-0.15, -0.1) is 0 Å². The molecule has 2 aliphatic rings. The number of carbonyl (C=O) groups is 3. The van der Waals surface area contributed by atoms with Gasteiger partial charge in [-0.2, -0.15) is 5.10 Å². The summed E-state index contributed by atoms with van der Waals surface area (Å²) in [7, 11) is 0. The first-order chi connectivity index (χ1) is 16.6. The molecule has 8 heteroatoms. The van der Waals surface area contributed by atoms with Crippen LogP contribution in [0.25, 0.3) is 0 Å². The smallest absolute Gasteiger partial charge is 0.245 e. The normalized spacial score (nSPS) is 15.9. The Morgan fingerprint density at radius 1 is 0.941 bits per heavy atom. The zero-order valence-corrected chi connectivity index (χ0v) is 19.2. The van der Waals surface area contributed by atoms with E-state index >= 15 is 0 Å². The summed E-state index contributed by atoms with van der Waals surface area (Å²) in [4.78, 5) is 34.0. The molecular formula is C26H31N5O3. The van der Waals surface area contributed by atoms with Crippen molar-refractivity contribution in [1.82, 2.24) is 16.1 Å². The topological polar surface area (TPSA) is 126 Å². The van der Waals surface area contributed by atoms with Crippen LogP contribution in [0, 0.1) is 0 Å². The number of hydrogen-bond acceptors (Lipinski definition) is 5. The number of hydrogen-bond donors (Lipinski definition) is 4. The fourth-order valence-corrected chi connectivity index (χ4v) is 5.36. The molecule has 34 heavy (non-hydrogen) atoms. The monoisotopic (exact) mass is 461 g/mol. The van der Waals surface area contributed by atoms with Crippen molar-refractivity contribution < 1.29 is 14.4 Å². The minimum Gasteiger partial charge on any atom is -0.355 e. The molecule has 0 fully saturated rings. The molecule has 178 valence electrons. The molecule has 4 rings (SSSR count). The Morgan fingerprint density at radius 2 is 1.53 bits per heavy atom. The molecule has 5 N–H and O–H groups in total. The highest BCUT2D eigenvalue weighted by atomic mass is 16.2. The van der Waals surface area contributed by atoms with Crippen molar-refractivity contribution >= 4 is 24.4 Å². The zero-order valence-electron chi connectivity index (χ0n) is 19.2. The van der Waals surface area contributed by atoms with Crippen molar-refractivity contribution in [3.8, 4) is 0 Å². The zero-order chi connectivity index (χ0) is 24.0. The summed E-state index contributed by atoms with van der Waals surface area (Å²) >= 11 is 0. The number of nitrogens with zero attached hydrogens (tertiary/aromatic N) is 1. The number of carbonyl (C=O) groups excluding carboxylic acids is 3. The lowest BCUT2D eigenvalue weighted by Crippen LogP contribution is -2.38. The molecule has 1 heterocycles. The Kier molecular flexibility index (Phi) is 7.37. The first-order valence-corrected chi connectivity index (χ1v) is 11.8. The maximum absolute atomic E-state index is 12.3. The van der Waals surface area contributed by atoms with E-state index < -0.39 is 5.41 Å². The number of benzene rings is 2. The Hall–Kier alpha value is -3.52. The molecule has 0 saturated carbocycles. The second-order valence-electron chi connectivity index (χ2n) is 8.90. The van der Waals surface area contributed by atoms with E-state index in [2.05, 4.69) is 45.4 Å². The quantitative estimate of drug-likeness (QED) is 0.299. The van der Waals surface area contributed by atoms with Crippen LogP contribution in [0.1, 0.15) is 59.1 Å². The maximum atomic E-state index is 12.3. The van der Waals surface area contributed by atoms with E-state index in [0.717, 1.165) is 60.1 Å². The van der Waals surface area contributed by atoms with Crippen LogP contribution in [-0.2, 0) is 45.7 Å². The second-order valence-corrected chi connectivity index (χ2v) is 8.90. The minimum atomic E-state index is -0.553. The molecule has 2 aromatic carbocycles. The molecule has 0 unspecified atom stereocenters. The van der Waals surface area contributed by atoms with E-state index in [1.165, 1.54) is 11.1 Å². The second kappa shape index (κ2) is 10.6. The van der Waals surface area contributed by atoms with Crippen molar-refractivity contribution in [2.75, 3.05) is 6.54 Å². The SMILES string of the molecule is NCCCCC1(C2=NNC(=O)C2)c2ccc(CNC=O)cc2CCc2cc(CNC=O)ccc21. The maximum Gasteiger partial charge on any atom is 0.245 e. The third kappa shape index (κ3) is 4.59. The van der Waals surface area contributed by atoms with Crippen molar-refractivity contribution in [2.24, 2.45) is 10.8 Å². The molecule has 2 aromatic rings. The van der Waals surface area contributed by atoms with Gasteiger partial charge in [0.05, 0.1) is 17.5 Å². The molecule has 1 aliphatic heterocycles. The van der Waals surface area contributed by atoms with E-state index in [4.69, 9.17) is 5.73 Å². The Morgan fingerprint density at radius 3 is 2.00 bits per heavy atom. The number of unbranched alkanes of at least 4 members (excludes halogenated alkanes) is 1. The average molecular weight is 462 g/mol. The van der Waals surface area contributed by atoms with E-state index in [0.29, 0.717) is 32.5 Å². The van der Waals surface area contributed by atoms with Crippen LogP contribution in [0.5, 0.6) is 0 Å². The first-order valence-electron chi connectivity index (χ1n) is 11.8. The van der Waals surface area contributed by atoms with Crippen LogP contribution < -0.4 is 21.8 Å². The molecule has 0 spiro atoms. The summed E-state index contributed by atoms with van der Waals surface area (Å²) in [5.74, 6) is -0.0980. The summed E-state index contributed by atoms with van der Waals surface area (Å²) in [6.07, 6.45) is 5.88. The lowest BCUT2D eigenvalue weighted by molar-refractivity contribution is -0.119. The average Bonchev–Trinajstić information content (AvgIpc) is 3.24. The summed E-state index contributed by atoms with van der Waals surface area (Å²) in [6, 6.07) is 12.7. The summed E-state index contributed by atoms with van der Waals surface area (Å²) in [6.45, 7) is 1.53. The van der Waals surface area contributed by atoms with Crippen LogP contribution in [0.15, 0.2) is 41.5 Å².